The maximum atomic E-state index is 6.01. The fourth-order valence-electron chi connectivity index (χ4n) is 3.14. The first-order valence-corrected chi connectivity index (χ1v) is 8.73. The SMILES string of the molecule is CC1(C)O[C@H]([C@@H]2CO2)[C@@H](CCCCCOCc2ccccc2)O1. The maximum absolute atomic E-state index is 6.01. The van der Waals surface area contributed by atoms with Crippen molar-refractivity contribution in [3.05, 3.63) is 35.9 Å². The normalized spacial score (nSPS) is 28.9. The summed E-state index contributed by atoms with van der Waals surface area (Å²) in [6.07, 6.45) is 4.95. The second kappa shape index (κ2) is 7.75. The lowest BCUT2D eigenvalue weighted by Crippen LogP contribution is -2.28. The molecule has 2 saturated heterocycles. The highest BCUT2D eigenvalue weighted by atomic mass is 16.8. The third kappa shape index (κ3) is 5.28. The third-order valence-electron chi connectivity index (χ3n) is 4.34. The van der Waals surface area contributed by atoms with Gasteiger partial charge in [-0.3, -0.25) is 0 Å². The molecule has 1 aromatic carbocycles. The summed E-state index contributed by atoms with van der Waals surface area (Å²) < 4.78 is 23.1. The van der Waals surface area contributed by atoms with Crippen LogP contribution in [0.1, 0.15) is 45.1 Å². The molecule has 2 aliphatic heterocycles. The Kier molecular flexibility index (Phi) is 5.70. The van der Waals surface area contributed by atoms with Gasteiger partial charge in [0.15, 0.2) is 5.79 Å². The third-order valence-corrected chi connectivity index (χ3v) is 4.34. The van der Waals surface area contributed by atoms with Crippen LogP contribution in [0.25, 0.3) is 0 Å². The summed E-state index contributed by atoms with van der Waals surface area (Å²) in [6.45, 7) is 6.31. The number of rotatable bonds is 9. The second-order valence-corrected chi connectivity index (χ2v) is 6.90. The van der Waals surface area contributed by atoms with Crippen molar-refractivity contribution >= 4 is 0 Å². The molecule has 2 fully saturated rings. The molecule has 23 heavy (non-hydrogen) atoms. The van der Waals surface area contributed by atoms with Crippen LogP contribution in [0.5, 0.6) is 0 Å². The van der Waals surface area contributed by atoms with Crippen molar-refractivity contribution in [1.82, 2.24) is 0 Å². The van der Waals surface area contributed by atoms with E-state index in [1.54, 1.807) is 0 Å². The van der Waals surface area contributed by atoms with Gasteiger partial charge >= 0.3 is 0 Å². The summed E-state index contributed by atoms with van der Waals surface area (Å²) in [5, 5.41) is 0. The topological polar surface area (TPSA) is 40.2 Å². The van der Waals surface area contributed by atoms with Crippen LogP contribution in [0.15, 0.2) is 30.3 Å². The van der Waals surface area contributed by atoms with E-state index in [4.69, 9.17) is 18.9 Å². The molecular weight excluding hydrogens is 292 g/mol. The van der Waals surface area contributed by atoms with Gasteiger partial charge in [0.2, 0.25) is 0 Å². The molecule has 0 aliphatic carbocycles. The summed E-state index contributed by atoms with van der Waals surface area (Å²) in [6, 6.07) is 10.3. The molecule has 4 nitrogen and oxygen atoms in total. The zero-order chi connectivity index (χ0) is 16.1. The minimum atomic E-state index is -0.472. The number of ether oxygens (including phenoxy) is 4. The van der Waals surface area contributed by atoms with Crippen molar-refractivity contribution in [1.29, 1.82) is 0 Å². The molecule has 0 unspecified atom stereocenters. The number of epoxide rings is 1. The van der Waals surface area contributed by atoms with Gasteiger partial charge in [-0.2, -0.15) is 0 Å². The van der Waals surface area contributed by atoms with Crippen LogP contribution in [0.3, 0.4) is 0 Å². The zero-order valence-corrected chi connectivity index (χ0v) is 14.2. The van der Waals surface area contributed by atoms with Crippen LogP contribution in [0.2, 0.25) is 0 Å². The van der Waals surface area contributed by atoms with Crippen LogP contribution in [-0.2, 0) is 25.6 Å². The largest absolute Gasteiger partial charge is 0.377 e. The first kappa shape index (κ1) is 16.9. The zero-order valence-electron chi connectivity index (χ0n) is 14.2. The molecular formula is C19H28O4. The predicted octanol–water partition coefficient (Wildman–Crippen LogP) is 3.68. The van der Waals surface area contributed by atoms with Crippen LogP contribution < -0.4 is 0 Å². The lowest BCUT2D eigenvalue weighted by Gasteiger charge is -2.16. The van der Waals surface area contributed by atoms with Crippen molar-refractivity contribution in [3.8, 4) is 0 Å². The van der Waals surface area contributed by atoms with Crippen LogP contribution in [0.4, 0.5) is 0 Å². The summed E-state index contributed by atoms with van der Waals surface area (Å²) in [7, 11) is 0. The van der Waals surface area contributed by atoms with E-state index in [1.165, 1.54) is 5.56 Å². The average Bonchev–Trinajstić information content (AvgIpc) is 3.32. The van der Waals surface area contributed by atoms with Crippen LogP contribution >= 0.6 is 0 Å². The molecule has 0 spiro atoms. The molecule has 0 radical (unpaired) electrons. The van der Waals surface area contributed by atoms with E-state index >= 15 is 0 Å². The number of benzene rings is 1. The van der Waals surface area contributed by atoms with E-state index in [9.17, 15) is 0 Å². The molecule has 3 rings (SSSR count). The maximum Gasteiger partial charge on any atom is 0.163 e. The molecule has 0 aromatic heterocycles. The predicted molar refractivity (Wildman–Crippen MR) is 88.1 cm³/mol. The summed E-state index contributed by atoms with van der Waals surface area (Å²) in [5.74, 6) is -0.472. The summed E-state index contributed by atoms with van der Waals surface area (Å²) in [4.78, 5) is 0. The van der Waals surface area contributed by atoms with Gasteiger partial charge in [-0.05, 0) is 32.3 Å². The molecule has 128 valence electrons. The van der Waals surface area contributed by atoms with E-state index in [-0.39, 0.29) is 18.3 Å². The fourth-order valence-corrected chi connectivity index (χ4v) is 3.14. The standard InChI is InChI=1S/C19H28O4/c1-19(2)22-16(18(23-19)17-14-21-17)11-7-4-8-12-20-13-15-9-5-3-6-10-15/h3,5-6,9-10,16-18H,4,7-8,11-14H2,1-2H3/t16-,17+,18+/m1/s1. The molecule has 1 aromatic rings. The molecule has 4 heteroatoms. The quantitative estimate of drug-likeness (QED) is 0.514. The Morgan fingerprint density at radius 1 is 1.09 bits per heavy atom. The van der Waals surface area contributed by atoms with E-state index in [0.717, 1.165) is 38.9 Å². The van der Waals surface area contributed by atoms with Crippen molar-refractivity contribution in [2.24, 2.45) is 0 Å². The van der Waals surface area contributed by atoms with Gasteiger partial charge in [0.1, 0.15) is 12.2 Å². The van der Waals surface area contributed by atoms with Gasteiger partial charge in [0, 0.05) is 6.61 Å². The Morgan fingerprint density at radius 3 is 2.61 bits per heavy atom. The Hall–Kier alpha value is -0.940. The Labute approximate surface area is 139 Å². The van der Waals surface area contributed by atoms with E-state index < -0.39 is 5.79 Å². The molecule has 0 saturated carbocycles. The van der Waals surface area contributed by atoms with Gasteiger partial charge in [0.25, 0.3) is 0 Å². The molecule has 0 N–H and O–H groups in total. The van der Waals surface area contributed by atoms with E-state index in [2.05, 4.69) is 12.1 Å². The number of hydrogen-bond acceptors (Lipinski definition) is 4. The van der Waals surface area contributed by atoms with Gasteiger partial charge in [-0.1, -0.05) is 43.2 Å². The van der Waals surface area contributed by atoms with Crippen molar-refractivity contribution in [2.45, 2.75) is 70.2 Å². The minimum Gasteiger partial charge on any atom is -0.377 e. The summed E-state index contributed by atoms with van der Waals surface area (Å²) >= 11 is 0. The molecule has 0 amide bonds. The highest BCUT2D eigenvalue weighted by Gasteiger charge is 2.49. The highest BCUT2D eigenvalue weighted by Crippen LogP contribution is 2.36. The first-order chi connectivity index (χ1) is 11.1. The van der Waals surface area contributed by atoms with Crippen molar-refractivity contribution in [3.63, 3.8) is 0 Å². The van der Waals surface area contributed by atoms with E-state index in [0.29, 0.717) is 6.61 Å². The second-order valence-electron chi connectivity index (χ2n) is 6.90. The van der Waals surface area contributed by atoms with Gasteiger partial charge in [0.05, 0.1) is 19.3 Å². The van der Waals surface area contributed by atoms with E-state index in [1.807, 2.05) is 32.0 Å². The highest BCUT2D eigenvalue weighted by molar-refractivity contribution is 5.13. The molecule has 0 bridgehead atoms. The van der Waals surface area contributed by atoms with Crippen LogP contribution in [0, 0.1) is 0 Å². The summed E-state index contributed by atoms with van der Waals surface area (Å²) in [5.41, 5.74) is 1.23. The minimum absolute atomic E-state index is 0.110. The molecule has 2 heterocycles. The Bertz CT molecular complexity index is 470. The van der Waals surface area contributed by atoms with Gasteiger partial charge < -0.3 is 18.9 Å². The van der Waals surface area contributed by atoms with Crippen molar-refractivity contribution < 1.29 is 18.9 Å². The Morgan fingerprint density at radius 2 is 1.87 bits per heavy atom. The van der Waals surface area contributed by atoms with Gasteiger partial charge in [-0.25, -0.2) is 0 Å². The lowest BCUT2D eigenvalue weighted by molar-refractivity contribution is -0.148. The van der Waals surface area contributed by atoms with Crippen molar-refractivity contribution in [2.75, 3.05) is 13.2 Å². The molecule has 2 aliphatic rings. The Balaban J connectivity index is 1.26. The number of unbranched alkanes of at least 4 members (excludes halogenated alkanes) is 2. The fraction of sp³-hybridized carbons (Fsp3) is 0.684. The van der Waals surface area contributed by atoms with Gasteiger partial charge in [-0.15, -0.1) is 0 Å². The number of hydrogen-bond donors (Lipinski definition) is 0. The monoisotopic (exact) mass is 320 g/mol. The first-order valence-electron chi connectivity index (χ1n) is 8.73. The molecule has 3 atom stereocenters. The average molecular weight is 320 g/mol. The lowest BCUT2D eigenvalue weighted by atomic mass is 10.0. The van der Waals surface area contributed by atoms with Crippen LogP contribution in [-0.4, -0.2) is 37.3 Å². The smallest absolute Gasteiger partial charge is 0.163 e.